The predicted molar refractivity (Wildman–Crippen MR) is 90.2 cm³/mol. The lowest BCUT2D eigenvalue weighted by molar-refractivity contribution is 0.121. The Morgan fingerprint density at radius 2 is 2.13 bits per heavy atom. The van der Waals surface area contributed by atoms with Gasteiger partial charge in [-0.05, 0) is 30.9 Å². The highest BCUT2D eigenvalue weighted by atomic mass is 16.5. The van der Waals surface area contributed by atoms with Gasteiger partial charge in [-0.1, -0.05) is 31.2 Å². The monoisotopic (exact) mass is 320 g/mol. The van der Waals surface area contributed by atoms with Gasteiger partial charge in [0.25, 0.3) is 0 Å². The van der Waals surface area contributed by atoms with Crippen molar-refractivity contribution in [3.8, 4) is 0 Å². The molecule has 2 rings (SSSR count). The van der Waals surface area contributed by atoms with Crippen LogP contribution in [0.25, 0.3) is 0 Å². The lowest BCUT2D eigenvalue weighted by Gasteiger charge is -2.26. The van der Waals surface area contributed by atoms with Crippen LogP contribution in [-0.2, 0) is 22.6 Å². The Kier molecular flexibility index (Phi) is 7.36. The molecule has 1 aromatic carbocycles. The molecular weight excluding hydrogens is 292 g/mol. The number of nitrogens with one attached hydrogen (secondary N) is 1. The summed E-state index contributed by atoms with van der Waals surface area (Å²) in [6.45, 7) is 8.02. The first kappa shape index (κ1) is 17.8. The maximum atomic E-state index is 12.4. The molecule has 23 heavy (non-hydrogen) atoms. The minimum atomic E-state index is -0.0210. The molecule has 0 radical (unpaired) electrons. The Balaban J connectivity index is 1.90. The van der Waals surface area contributed by atoms with Gasteiger partial charge in [0.05, 0.1) is 13.2 Å². The van der Waals surface area contributed by atoms with Crippen LogP contribution < -0.4 is 5.32 Å². The SMILES string of the molecule is CCCOCc1ccccc1CNC(=O)N1CCOCC[C@@H]1C. The van der Waals surface area contributed by atoms with Crippen molar-refractivity contribution in [3.05, 3.63) is 35.4 Å². The van der Waals surface area contributed by atoms with Crippen LogP contribution in [-0.4, -0.2) is 43.3 Å². The van der Waals surface area contributed by atoms with E-state index in [0.717, 1.165) is 37.2 Å². The van der Waals surface area contributed by atoms with Crippen LogP contribution in [0.15, 0.2) is 24.3 Å². The average molecular weight is 320 g/mol. The zero-order valence-electron chi connectivity index (χ0n) is 14.2. The molecule has 1 heterocycles. The highest BCUT2D eigenvalue weighted by molar-refractivity contribution is 5.74. The smallest absolute Gasteiger partial charge is 0.317 e. The van der Waals surface area contributed by atoms with Crippen molar-refractivity contribution in [2.24, 2.45) is 0 Å². The lowest BCUT2D eigenvalue weighted by atomic mass is 10.1. The largest absolute Gasteiger partial charge is 0.380 e. The third kappa shape index (κ3) is 5.52. The first-order valence-corrected chi connectivity index (χ1v) is 8.49. The van der Waals surface area contributed by atoms with Gasteiger partial charge in [-0.25, -0.2) is 4.79 Å². The standard InChI is InChI=1S/C18H28N2O3/c1-3-10-23-14-17-7-5-4-6-16(17)13-19-18(21)20-9-12-22-11-8-15(20)2/h4-7,15H,3,8-14H2,1-2H3,(H,19,21)/t15-/m0/s1. The van der Waals surface area contributed by atoms with Gasteiger partial charge in [0.15, 0.2) is 0 Å². The topological polar surface area (TPSA) is 50.8 Å². The van der Waals surface area contributed by atoms with Gasteiger partial charge in [-0.2, -0.15) is 0 Å². The molecule has 0 aromatic heterocycles. The molecule has 1 aliphatic heterocycles. The fourth-order valence-corrected chi connectivity index (χ4v) is 2.67. The Bertz CT molecular complexity index is 493. The number of carbonyl (C=O) groups excluding carboxylic acids is 1. The third-order valence-electron chi connectivity index (χ3n) is 4.10. The highest BCUT2D eigenvalue weighted by Crippen LogP contribution is 2.12. The average Bonchev–Trinajstić information content (AvgIpc) is 2.78. The van der Waals surface area contributed by atoms with E-state index in [9.17, 15) is 4.79 Å². The van der Waals surface area contributed by atoms with Gasteiger partial charge >= 0.3 is 6.03 Å². The molecule has 0 spiro atoms. The molecule has 0 bridgehead atoms. The van der Waals surface area contributed by atoms with Crippen LogP contribution in [0.3, 0.4) is 0 Å². The molecule has 1 aromatic rings. The fourth-order valence-electron chi connectivity index (χ4n) is 2.67. The molecule has 0 unspecified atom stereocenters. The second-order valence-corrected chi connectivity index (χ2v) is 5.92. The van der Waals surface area contributed by atoms with Gasteiger partial charge in [-0.15, -0.1) is 0 Å². The maximum Gasteiger partial charge on any atom is 0.317 e. The number of ether oxygens (including phenoxy) is 2. The van der Waals surface area contributed by atoms with E-state index in [0.29, 0.717) is 26.3 Å². The summed E-state index contributed by atoms with van der Waals surface area (Å²) in [5.74, 6) is 0. The van der Waals surface area contributed by atoms with E-state index < -0.39 is 0 Å². The van der Waals surface area contributed by atoms with Crippen LogP contribution in [0.1, 0.15) is 37.8 Å². The maximum absolute atomic E-state index is 12.4. The van der Waals surface area contributed by atoms with Crippen molar-refractivity contribution in [3.63, 3.8) is 0 Å². The summed E-state index contributed by atoms with van der Waals surface area (Å²) in [7, 11) is 0. The number of amides is 2. The first-order valence-electron chi connectivity index (χ1n) is 8.49. The molecule has 1 saturated heterocycles. The van der Waals surface area contributed by atoms with Crippen molar-refractivity contribution in [2.75, 3.05) is 26.4 Å². The number of hydrogen-bond acceptors (Lipinski definition) is 3. The van der Waals surface area contributed by atoms with E-state index in [4.69, 9.17) is 9.47 Å². The van der Waals surface area contributed by atoms with Crippen LogP contribution in [0, 0.1) is 0 Å². The van der Waals surface area contributed by atoms with E-state index in [-0.39, 0.29) is 12.1 Å². The van der Waals surface area contributed by atoms with Crippen LogP contribution >= 0.6 is 0 Å². The van der Waals surface area contributed by atoms with E-state index in [1.807, 2.05) is 23.1 Å². The lowest BCUT2D eigenvalue weighted by Crippen LogP contribution is -2.45. The van der Waals surface area contributed by atoms with Crippen LogP contribution in [0.5, 0.6) is 0 Å². The van der Waals surface area contributed by atoms with Gasteiger partial charge < -0.3 is 19.7 Å². The Morgan fingerprint density at radius 1 is 1.35 bits per heavy atom. The summed E-state index contributed by atoms with van der Waals surface area (Å²) in [5.41, 5.74) is 2.24. The van der Waals surface area contributed by atoms with E-state index in [2.05, 4.69) is 25.2 Å². The Morgan fingerprint density at radius 3 is 2.91 bits per heavy atom. The summed E-state index contributed by atoms with van der Waals surface area (Å²) in [5, 5.41) is 3.03. The molecule has 128 valence electrons. The molecule has 5 nitrogen and oxygen atoms in total. The van der Waals surface area contributed by atoms with Crippen molar-refractivity contribution in [2.45, 2.75) is 45.9 Å². The number of nitrogens with zero attached hydrogens (tertiary/aromatic N) is 1. The van der Waals surface area contributed by atoms with E-state index >= 15 is 0 Å². The van der Waals surface area contributed by atoms with Crippen molar-refractivity contribution < 1.29 is 14.3 Å². The zero-order chi connectivity index (χ0) is 16.5. The van der Waals surface area contributed by atoms with E-state index in [1.165, 1.54) is 0 Å². The van der Waals surface area contributed by atoms with Crippen molar-refractivity contribution in [1.29, 1.82) is 0 Å². The summed E-state index contributed by atoms with van der Waals surface area (Å²) in [6.07, 6.45) is 1.89. The molecule has 5 heteroatoms. The number of hydrogen-bond donors (Lipinski definition) is 1. The molecule has 2 amide bonds. The summed E-state index contributed by atoms with van der Waals surface area (Å²) in [4.78, 5) is 14.3. The molecule has 0 aliphatic carbocycles. The normalized spacial score (nSPS) is 18.5. The van der Waals surface area contributed by atoms with Crippen molar-refractivity contribution >= 4 is 6.03 Å². The molecular formula is C18H28N2O3. The number of benzene rings is 1. The Labute approximate surface area is 139 Å². The quantitative estimate of drug-likeness (QED) is 0.820. The third-order valence-corrected chi connectivity index (χ3v) is 4.10. The molecule has 1 N–H and O–H groups in total. The van der Waals surface area contributed by atoms with Crippen LogP contribution in [0.4, 0.5) is 4.79 Å². The summed E-state index contributed by atoms with van der Waals surface area (Å²) < 4.78 is 11.1. The van der Waals surface area contributed by atoms with Crippen molar-refractivity contribution in [1.82, 2.24) is 10.2 Å². The zero-order valence-corrected chi connectivity index (χ0v) is 14.2. The van der Waals surface area contributed by atoms with Gasteiger partial charge in [-0.3, -0.25) is 0 Å². The molecule has 1 fully saturated rings. The van der Waals surface area contributed by atoms with Gasteiger partial charge in [0.1, 0.15) is 0 Å². The van der Waals surface area contributed by atoms with Gasteiger partial charge in [0.2, 0.25) is 0 Å². The predicted octanol–water partition coefficient (Wildman–Crippen LogP) is 2.93. The second kappa shape index (κ2) is 9.53. The van der Waals surface area contributed by atoms with Crippen LogP contribution in [0.2, 0.25) is 0 Å². The minimum absolute atomic E-state index is 0.0210. The molecule has 1 aliphatic rings. The fraction of sp³-hybridized carbons (Fsp3) is 0.611. The number of rotatable bonds is 6. The number of urea groups is 1. The first-order chi connectivity index (χ1) is 11.2. The molecule has 1 atom stereocenters. The van der Waals surface area contributed by atoms with E-state index in [1.54, 1.807) is 0 Å². The summed E-state index contributed by atoms with van der Waals surface area (Å²) >= 11 is 0. The van der Waals surface area contributed by atoms with Gasteiger partial charge in [0, 0.05) is 32.3 Å². The summed E-state index contributed by atoms with van der Waals surface area (Å²) in [6, 6.07) is 8.28. The second-order valence-electron chi connectivity index (χ2n) is 5.92. The minimum Gasteiger partial charge on any atom is -0.380 e. The Hall–Kier alpha value is -1.59. The number of carbonyl (C=O) groups is 1. The highest BCUT2D eigenvalue weighted by Gasteiger charge is 2.22. The molecule has 0 saturated carbocycles.